The van der Waals surface area contributed by atoms with E-state index in [0.717, 1.165) is 12.6 Å². The van der Waals surface area contributed by atoms with Crippen LogP contribution >= 0.6 is 0 Å². The van der Waals surface area contributed by atoms with E-state index in [1.54, 1.807) is 12.0 Å². The number of rotatable bonds is 4. The van der Waals surface area contributed by atoms with Crippen LogP contribution in [0.1, 0.15) is 10.5 Å². The summed E-state index contributed by atoms with van der Waals surface area (Å²) in [6.45, 7) is 3.07. The molecule has 0 radical (unpaired) electrons. The number of piperazine rings is 1. The number of likely N-dealkylation sites (tertiary alicyclic amines) is 1. The minimum Gasteiger partial charge on any atom is -0.378 e. The molecule has 0 atom stereocenters. The highest BCUT2D eigenvalue weighted by molar-refractivity contribution is 5.93. The van der Waals surface area contributed by atoms with Gasteiger partial charge >= 0.3 is 0 Å². The maximum absolute atomic E-state index is 13.9. The zero-order chi connectivity index (χ0) is 16.4. The molecule has 2 aliphatic heterocycles. The number of amides is 2. The van der Waals surface area contributed by atoms with E-state index < -0.39 is 11.7 Å². The van der Waals surface area contributed by atoms with Crippen LogP contribution in [-0.4, -0.2) is 84.6 Å². The molecule has 124 valence electrons. The van der Waals surface area contributed by atoms with E-state index >= 15 is 0 Å². The van der Waals surface area contributed by atoms with E-state index in [4.69, 9.17) is 4.74 Å². The third kappa shape index (κ3) is 3.09. The highest BCUT2D eigenvalue weighted by atomic mass is 19.1. The number of hydrogen-bond acceptors (Lipinski definition) is 6. The number of anilines is 1. The molecule has 0 unspecified atom stereocenters. The maximum Gasteiger partial charge on any atom is 0.275 e. The van der Waals surface area contributed by atoms with Crippen molar-refractivity contribution in [3.63, 3.8) is 0 Å². The number of ether oxygens (including phenoxy) is 1. The van der Waals surface area contributed by atoms with Gasteiger partial charge in [-0.3, -0.25) is 9.59 Å². The Morgan fingerprint density at radius 3 is 2.65 bits per heavy atom. The summed E-state index contributed by atoms with van der Waals surface area (Å²) in [6.07, 6.45) is 1.82. The van der Waals surface area contributed by atoms with E-state index in [2.05, 4.69) is 9.97 Å². The van der Waals surface area contributed by atoms with Gasteiger partial charge in [0.1, 0.15) is 0 Å². The number of carbonyl (C=O) groups is 2. The molecule has 0 bridgehead atoms. The molecule has 0 saturated carbocycles. The monoisotopic (exact) mass is 323 g/mol. The second-order valence-corrected chi connectivity index (χ2v) is 5.56. The summed E-state index contributed by atoms with van der Waals surface area (Å²) in [5.74, 6) is -0.874. The molecule has 8 nitrogen and oxygen atoms in total. The van der Waals surface area contributed by atoms with Gasteiger partial charge in [-0.2, -0.15) is 0 Å². The topological polar surface area (TPSA) is 78.9 Å². The minimum atomic E-state index is -0.730. The molecule has 3 heterocycles. The first-order valence-corrected chi connectivity index (χ1v) is 7.41. The average molecular weight is 323 g/mol. The highest BCUT2D eigenvalue weighted by Gasteiger charge is 2.33. The van der Waals surface area contributed by atoms with Gasteiger partial charge in [-0.05, 0) is 0 Å². The summed E-state index contributed by atoms with van der Waals surface area (Å²) in [5.41, 5.74) is -0.220. The second kappa shape index (κ2) is 6.45. The number of aromatic nitrogens is 2. The Bertz CT molecular complexity index is 600. The number of methoxy groups -OCH3 is 1. The van der Waals surface area contributed by atoms with Crippen LogP contribution in [0.5, 0.6) is 0 Å². The summed E-state index contributed by atoms with van der Waals surface area (Å²) in [5, 5.41) is 0. The molecule has 0 N–H and O–H groups in total. The smallest absolute Gasteiger partial charge is 0.275 e. The van der Waals surface area contributed by atoms with Crippen LogP contribution in [0.2, 0.25) is 0 Å². The van der Waals surface area contributed by atoms with Gasteiger partial charge in [0.2, 0.25) is 12.4 Å². The van der Waals surface area contributed by atoms with Crippen molar-refractivity contribution in [1.29, 1.82) is 0 Å². The normalized spacial score (nSPS) is 18.8. The Labute approximate surface area is 132 Å². The van der Waals surface area contributed by atoms with Crippen molar-refractivity contribution in [1.82, 2.24) is 19.8 Å². The van der Waals surface area contributed by atoms with Crippen LogP contribution in [0.15, 0.2) is 6.20 Å². The van der Waals surface area contributed by atoms with Crippen LogP contribution in [0.3, 0.4) is 0 Å². The molecule has 1 aromatic heterocycles. The molecule has 23 heavy (non-hydrogen) atoms. The van der Waals surface area contributed by atoms with Crippen LogP contribution < -0.4 is 4.90 Å². The van der Waals surface area contributed by atoms with E-state index in [-0.39, 0.29) is 11.8 Å². The van der Waals surface area contributed by atoms with Crippen LogP contribution in [0.25, 0.3) is 0 Å². The lowest BCUT2D eigenvalue weighted by Crippen LogP contribution is -2.54. The fourth-order valence-corrected chi connectivity index (χ4v) is 2.59. The van der Waals surface area contributed by atoms with Gasteiger partial charge in [0.25, 0.3) is 5.91 Å². The van der Waals surface area contributed by atoms with Crippen molar-refractivity contribution in [2.24, 2.45) is 0 Å². The number of carbonyl (C=O) groups excluding carboxylic acids is 2. The molecular formula is C14H18FN5O3. The first-order valence-electron chi connectivity index (χ1n) is 7.41. The van der Waals surface area contributed by atoms with Crippen molar-refractivity contribution in [3.8, 4) is 0 Å². The van der Waals surface area contributed by atoms with Gasteiger partial charge in [0.15, 0.2) is 11.5 Å². The minimum absolute atomic E-state index is 0.000243. The fraction of sp³-hybridized carbons (Fsp3) is 0.571. The van der Waals surface area contributed by atoms with Crippen molar-refractivity contribution in [2.75, 3.05) is 51.3 Å². The molecule has 2 saturated heterocycles. The standard InChI is InChI=1S/C14H18FN5O3/c1-23-10-7-20(8-10)13(22)12-11(15)6-16-14(17-12)19-4-2-18(9-21)3-5-19/h6,9-10H,2-5,7-8H2,1H3. The van der Waals surface area contributed by atoms with Gasteiger partial charge in [-0.1, -0.05) is 0 Å². The highest BCUT2D eigenvalue weighted by Crippen LogP contribution is 2.18. The van der Waals surface area contributed by atoms with Crippen molar-refractivity contribution >= 4 is 18.3 Å². The lowest BCUT2D eigenvalue weighted by Gasteiger charge is -2.38. The summed E-state index contributed by atoms with van der Waals surface area (Å²) >= 11 is 0. The van der Waals surface area contributed by atoms with Crippen molar-refractivity contribution in [3.05, 3.63) is 17.7 Å². The lowest BCUT2D eigenvalue weighted by atomic mass is 10.1. The molecule has 2 aliphatic rings. The molecule has 0 spiro atoms. The van der Waals surface area contributed by atoms with E-state index in [0.29, 0.717) is 45.2 Å². The first kappa shape index (κ1) is 15.6. The molecule has 3 rings (SSSR count). The summed E-state index contributed by atoms with van der Waals surface area (Å²) < 4.78 is 19.0. The predicted molar refractivity (Wildman–Crippen MR) is 78.5 cm³/mol. The Balaban J connectivity index is 1.72. The molecule has 2 fully saturated rings. The van der Waals surface area contributed by atoms with Gasteiger partial charge < -0.3 is 19.4 Å². The van der Waals surface area contributed by atoms with Crippen molar-refractivity contribution in [2.45, 2.75) is 6.10 Å². The number of hydrogen-bond donors (Lipinski definition) is 0. The van der Waals surface area contributed by atoms with Crippen LogP contribution in [-0.2, 0) is 9.53 Å². The van der Waals surface area contributed by atoms with Gasteiger partial charge in [0, 0.05) is 46.4 Å². The average Bonchev–Trinajstić information content (AvgIpc) is 2.54. The quantitative estimate of drug-likeness (QED) is 0.686. The Hall–Kier alpha value is -2.29. The molecule has 0 aliphatic carbocycles. The number of halogens is 1. The summed E-state index contributed by atoms with van der Waals surface area (Å²) in [7, 11) is 1.58. The molecule has 1 aromatic rings. The lowest BCUT2D eigenvalue weighted by molar-refractivity contribution is -0.118. The summed E-state index contributed by atoms with van der Waals surface area (Å²) in [4.78, 5) is 36.1. The van der Waals surface area contributed by atoms with Gasteiger partial charge in [0.05, 0.1) is 12.3 Å². The van der Waals surface area contributed by atoms with E-state index in [1.807, 2.05) is 4.90 Å². The van der Waals surface area contributed by atoms with E-state index in [9.17, 15) is 14.0 Å². The molecule has 0 aromatic carbocycles. The zero-order valence-electron chi connectivity index (χ0n) is 12.8. The Morgan fingerprint density at radius 1 is 1.35 bits per heavy atom. The molecule has 2 amide bonds. The van der Waals surface area contributed by atoms with Gasteiger partial charge in [-0.15, -0.1) is 0 Å². The van der Waals surface area contributed by atoms with Crippen molar-refractivity contribution < 1.29 is 18.7 Å². The zero-order valence-corrected chi connectivity index (χ0v) is 12.8. The molecule has 9 heteroatoms. The largest absolute Gasteiger partial charge is 0.378 e. The Kier molecular flexibility index (Phi) is 4.37. The van der Waals surface area contributed by atoms with Crippen LogP contribution in [0.4, 0.5) is 10.3 Å². The third-order valence-electron chi connectivity index (χ3n) is 4.15. The Morgan fingerprint density at radius 2 is 2.04 bits per heavy atom. The third-order valence-corrected chi connectivity index (χ3v) is 4.15. The maximum atomic E-state index is 13.9. The van der Waals surface area contributed by atoms with Gasteiger partial charge in [-0.25, -0.2) is 14.4 Å². The fourth-order valence-electron chi connectivity index (χ4n) is 2.59. The summed E-state index contributed by atoms with van der Waals surface area (Å²) in [6, 6.07) is 0. The first-order chi connectivity index (χ1) is 11.1. The SMILES string of the molecule is COC1CN(C(=O)c2nc(N3CCN(C=O)CC3)ncc2F)C1. The van der Waals surface area contributed by atoms with Crippen LogP contribution in [0, 0.1) is 5.82 Å². The predicted octanol–water partition coefficient (Wildman–Crippen LogP) is -0.635. The second-order valence-electron chi connectivity index (χ2n) is 5.56. The number of nitrogens with zero attached hydrogens (tertiary/aromatic N) is 5. The molecular weight excluding hydrogens is 305 g/mol. The van der Waals surface area contributed by atoms with E-state index in [1.165, 1.54) is 4.90 Å².